The van der Waals surface area contributed by atoms with Crippen LogP contribution in [0, 0.1) is 0 Å². The van der Waals surface area contributed by atoms with Gasteiger partial charge in [0.25, 0.3) is 5.91 Å². The highest BCUT2D eigenvalue weighted by atomic mass is 16.3. The van der Waals surface area contributed by atoms with Crippen LogP contribution in [-0.2, 0) is 6.54 Å². The molecule has 0 atom stereocenters. The lowest BCUT2D eigenvalue weighted by Crippen LogP contribution is -2.25. The van der Waals surface area contributed by atoms with E-state index in [9.17, 15) is 4.79 Å². The largest absolute Gasteiger partial charge is 0.472 e. The molecule has 2 aromatic rings. The summed E-state index contributed by atoms with van der Waals surface area (Å²) in [4.78, 5) is 13.3. The van der Waals surface area contributed by atoms with Crippen LogP contribution in [0.1, 0.15) is 16.1 Å². The normalized spacial score (nSPS) is 10.2. The fourth-order valence-corrected chi connectivity index (χ4v) is 1.31. The highest BCUT2D eigenvalue weighted by molar-refractivity contribution is 5.93. The molecular weight excluding hydrogens is 194 g/mol. The van der Waals surface area contributed by atoms with Crippen LogP contribution in [0.25, 0.3) is 0 Å². The minimum atomic E-state index is -0.0832. The molecule has 4 heteroatoms. The zero-order chi connectivity index (χ0) is 10.7. The van der Waals surface area contributed by atoms with Crippen molar-refractivity contribution < 1.29 is 13.6 Å². The minimum absolute atomic E-state index is 0.0832. The maximum atomic E-state index is 11.8. The summed E-state index contributed by atoms with van der Waals surface area (Å²) in [5.41, 5.74) is 0.545. The van der Waals surface area contributed by atoms with Crippen molar-refractivity contribution in [2.45, 2.75) is 6.54 Å². The highest BCUT2D eigenvalue weighted by Crippen LogP contribution is 2.08. The maximum Gasteiger partial charge on any atom is 0.257 e. The van der Waals surface area contributed by atoms with E-state index in [-0.39, 0.29) is 5.91 Å². The van der Waals surface area contributed by atoms with E-state index in [1.54, 1.807) is 30.3 Å². The van der Waals surface area contributed by atoms with Crippen molar-refractivity contribution in [3.63, 3.8) is 0 Å². The summed E-state index contributed by atoms with van der Waals surface area (Å²) in [6.07, 6.45) is 4.50. The number of furan rings is 2. The van der Waals surface area contributed by atoms with Gasteiger partial charge in [-0.3, -0.25) is 4.79 Å². The van der Waals surface area contributed by atoms with E-state index < -0.39 is 0 Å². The summed E-state index contributed by atoms with van der Waals surface area (Å²) in [7, 11) is 1.72. The van der Waals surface area contributed by atoms with Crippen LogP contribution in [0.3, 0.4) is 0 Å². The van der Waals surface area contributed by atoms with Gasteiger partial charge in [0.2, 0.25) is 0 Å². The van der Waals surface area contributed by atoms with Crippen LogP contribution in [0.4, 0.5) is 0 Å². The van der Waals surface area contributed by atoms with Crippen molar-refractivity contribution in [2.75, 3.05) is 7.05 Å². The molecule has 15 heavy (non-hydrogen) atoms. The average Bonchev–Trinajstić information content (AvgIpc) is 2.88. The maximum absolute atomic E-state index is 11.8. The molecule has 0 spiro atoms. The van der Waals surface area contributed by atoms with Crippen molar-refractivity contribution in [1.29, 1.82) is 0 Å². The molecule has 2 rings (SSSR count). The lowest BCUT2D eigenvalue weighted by Gasteiger charge is -2.14. The van der Waals surface area contributed by atoms with Crippen LogP contribution in [-0.4, -0.2) is 17.9 Å². The summed E-state index contributed by atoms with van der Waals surface area (Å²) in [5, 5.41) is 0. The summed E-state index contributed by atoms with van der Waals surface area (Å²) in [6.45, 7) is 0.455. The van der Waals surface area contributed by atoms with Crippen molar-refractivity contribution in [3.8, 4) is 0 Å². The SMILES string of the molecule is CN(Cc1ccco1)C(=O)c1ccoc1. The Hall–Kier alpha value is -1.97. The van der Waals surface area contributed by atoms with Gasteiger partial charge in [0.15, 0.2) is 0 Å². The molecule has 0 bridgehead atoms. The van der Waals surface area contributed by atoms with Crippen molar-refractivity contribution in [3.05, 3.63) is 48.3 Å². The quantitative estimate of drug-likeness (QED) is 0.771. The smallest absolute Gasteiger partial charge is 0.257 e. The second-order valence-electron chi connectivity index (χ2n) is 3.25. The van der Waals surface area contributed by atoms with E-state index in [0.29, 0.717) is 12.1 Å². The second-order valence-corrected chi connectivity index (χ2v) is 3.25. The molecule has 0 fully saturated rings. The zero-order valence-electron chi connectivity index (χ0n) is 8.34. The number of nitrogens with zero attached hydrogens (tertiary/aromatic N) is 1. The predicted octanol–water partition coefficient (Wildman–Crippen LogP) is 2.14. The van der Waals surface area contributed by atoms with E-state index in [2.05, 4.69) is 0 Å². The lowest BCUT2D eigenvalue weighted by molar-refractivity contribution is 0.0775. The predicted molar refractivity (Wildman–Crippen MR) is 53.2 cm³/mol. The molecule has 0 unspecified atom stereocenters. The minimum Gasteiger partial charge on any atom is -0.472 e. The molecule has 2 aromatic heterocycles. The fraction of sp³-hybridized carbons (Fsp3) is 0.182. The number of carbonyl (C=O) groups excluding carboxylic acids is 1. The van der Waals surface area contributed by atoms with Crippen molar-refractivity contribution >= 4 is 5.91 Å². The summed E-state index contributed by atoms with van der Waals surface area (Å²) < 4.78 is 10.0. The Labute approximate surface area is 87.1 Å². The molecule has 0 aliphatic heterocycles. The highest BCUT2D eigenvalue weighted by Gasteiger charge is 2.13. The Kier molecular flexibility index (Phi) is 2.58. The Morgan fingerprint density at radius 1 is 1.40 bits per heavy atom. The van der Waals surface area contributed by atoms with Crippen LogP contribution in [0.5, 0.6) is 0 Å². The first kappa shape index (κ1) is 9.58. The number of hydrogen-bond donors (Lipinski definition) is 0. The second kappa shape index (κ2) is 4.04. The molecule has 0 radical (unpaired) electrons. The topological polar surface area (TPSA) is 46.6 Å². The van der Waals surface area contributed by atoms with E-state index >= 15 is 0 Å². The van der Waals surface area contributed by atoms with Gasteiger partial charge in [0, 0.05) is 7.05 Å². The Morgan fingerprint density at radius 3 is 2.87 bits per heavy atom. The van der Waals surface area contributed by atoms with Gasteiger partial charge in [-0.2, -0.15) is 0 Å². The first-order chi connectivity index (χ1) is 7.27. The molecule has 1 amide bonds. The Balaban J connectivity index is 2.03. The summed E-state index contributed by atoms with van der Waals surface area (Å²) in [5.74, 6) is 0.675. The van der Waals surface area contributed by atoms with E-state index in [1.165, 1.54) is 12.5 Å². The van der Waals surface area contributed by atoms with Crippen molar-refractivity contribution in [1.82, 2.24) is 4.90 Å². The first-order valence-corrected chi connectivity index (χ1v) is 4.57. The van der Waals surface area contributed by atoms with E-state index in [4.69, 9.17) is 8.83 Å². The van der Waals surface area contributed by atoms with Gasteiger partial charge in [-0.1, -0.05) is 0 Å². The van der Waals surface area contributed by atoms with Gasteiger partial charge in [-0.05, 0) is 18.2 Å². The third-order valence-electron chi connectivity index (χ3n) is 2.09. The van der Waals surface area contributed by atoms with Crippen LogP contribution in [0.2, 0.25) is 0 Å². The molecule has 0 saturated carbocycles. The molecule has 2 heterocycles. The summed E-state index contributed by atoms with van der Waals surface area (Å²) >= 11 is 0. The van der Waals surface area contributed by atoms with Gasteiger partial charge in [-0.15, -0.1) is 0 Å². The molecule has 4 nitrogen and oxygen atoms in total. The fourth-order valence-electron chi connectivity index (χ4n) is 1.31. The van der Waals surface area contributed by atoms with Gasteiger partial charge < -0.3 is 13.7 Å². The molecule has 0 saturated heterocycles. The van der Waals surface area contributed by atoms with Gasteiger partial charge in [-0.25, -0.2) is 0 Å². The number of hydrogen-bond acceptors (Lipinski definition) is 3. The first-order valence-electron chi connectivity index (χ1n) is 4.57. The van der Waals surface area contributed by atoms with Crippen LogP contribution >= 0.6 is 0 Å². The molecule has 0 aliphatic carbocycles. The monoisotopic (exact) mass is 205 g/mol. The Bertz CT molecular complexity index is 417. The number of rotatable bonds is 3. The number of carbonyl (C=O) groups is 1. The van der Waals surface area contributed by atoms with Crippen molar-refractivity contribution in [2.24, 2.45) is 0 Å². The molecule has 0 aliphatic rings. The molecular formula is C11H11NO3. The van der Waals surface area contributed by atoms with E-state index in [1.807, 2.05) is 6.07 Å². The molecule has 0 aromatic carbocycles. The van der Waals surface area contributed by atoms with Crippen LogP contribution < -0.4 is 0 Å². The van der Waals surface area contributed by atoms with Gasteiger partial charge in [0.05, 0.1) is 24.6 Å². The third-order valence-corrected chi connectivity index (χ3v) is 2.09. The average molecular weight is 205 g/mol. The zero-order valence-corrected chi connectivity index (χ0v) is 8.34. The summed E-state index contributed by atoms with van der Waals surface area (Å²) in [6, 6.07) is 5.27. The van der Waals surface area contributed by atoms with Gasteiger partial charge >= 0.3 is 0 Å². The standard InChI is InChI=1S/C11H11NO3/c1-12(7-10-3-2-5-15-10)11(13)9-4-6-14-8-9/h2-6,8H,7H2,1H3. The lowest BCUT2D eigenvalue weighted by atomic mass is 10.3. The third kappa shape index (κ3) is 2.10. The van der Waals surface area contributed by atoms with Crippen LogP contribution in [0.15, 0.2) is 45.8 Å². The van der Waals surface area contributed by atoms with E-state index in [0.717, 1.165) is 5.76 Å². The Morgan fingerprint density at radius 2 is 2.27 bits per heavy atom. The molecule has 0 N–H and O–H groups in total. The number of amides is 1. The molecule has 78 valence electrons. The van der Waals surface area contributed by atoms with Gasteiger partial charge in [0.1, 0.15) is 12.0 Å².